The van der Waals surface area contributed by atoms with Crippen LogP contribution in [0.15, 0.2) is 0 Å². The molecule has 2 fully saturated rings. The van der Waals surface area contributed by atoms with E-state index in [0.29, 0.717) is 12.5 Å². The quantitative estimate of drug-likeness (QED) is 0.803. The zero-order valence-electron chi connectivity index (χ0n) is 12.4. The van der Waals surface area contributed by atoms with Gasteiger partial charge in [0.15, 0.2) is 0 Å². The van der Waals surface area contributed by atoms with E-state index in [-0.39, 0.29) is 17.7 Å². The van der Waals surface area contributed by atoms with Gasteiger partial charge in [0.05, 0.1) is 0 Å². The Kier molecular flexibility index (Phi) is 5.40. The van der Waals surface area contributed by atoms with E-state index in [1.165, 1.54) is 0 Å². The fraction of sp³-hybridized carbons (Fsp3) is 0.867. The lowest BCUT2D eigenvalue weighted by Gasteiger charge is -2.29. The second kappa shape index (κ2) is 7.07. The Hall–Kier alpha value is -1.10. The standard InChI is InChI=1S/C15H27N3O2/c1-11(15(20)18-7-2-3-8-18)17-14(19)13-6-4-5-12(9-13)10-16/h11-13H,2-10,16H2,1H3,(H,17,19). The lowest BCUT2D eigenvalue weighted by atomic mass is 9.81. The van der Waals surface area contributed by atoms with Crippen LogP contribution in [0, 0.1) is 11.8 Å². The molecule has 0 aromatic carbocycles. The van der Waals surface area contributed by atoms with Crippen LogP contribution in [0.25, 0.3) is 0 Å². The summed E-state index contributed by atoms with van der Waals surface area (Å²) in [4.78, 5) is 26.3. The van der Waals surface area contributed by atoms with E-state index in [4.69, 9.17) is 5.73 Å². The van der Waals surface area contributed by atoms with Crippen LogP contribution >= 0.6 is 0 Å². The molecule has 0 aromatic heterocycles. The van der Waals surface area contributed by atoms with Gasteiger partial charge in [-0.25, -0.2) is 0 Å². The Balaban J connectivity index is 1.82. The number of carbonyl (C=O) groups excluding carboxylic acids is 2. The Morgan fingerprint density at radius 2 is 1.95 bits per heavy atom. The van der Waals surface area contributed by atoms with Gasteiger partial charge in [0.2, 0.25) is 11.8 Å². The minimum atomic E-state index is -0.404. The van der Waals surface area contributed by atoms with Gasteiger partial charge in [0.1, 0.15) is 6.04 Å². The van der Waals surface area contributed by atoms with Gasteiger partial charge >= 0.3 is 0 Å². The number of nitrogens with zero attached hydrogens (tertiary/aromatic N) is 1. The number of hydrogen-bond acceptors (Lipinski definition) is 3. The van der Waals surface area contributed by atoms with Crippen molar-refractivity contribution in [3.05, 3.63) is 0 Å². The maximum absolute atomic E-state index is 12.3. The van der Waals surface area contributed by atoms with Crippen molar-refractivity contribution in [2.45, 2.75) is 51.5 Å². The lowest BCUT2D eigenvalue weighted by molar-refractivity contribution is -0.136. The molecule has 20 heavy (non-hydrogen) atoms. The zero-order chi connectivity index (χ0) is 14.5. The molecule has 1 heterocycles. The number of carbonyl (C=O) groups is 2. The van der Waals surface area contributed by atoms with Crippen molar-refractivity contribution in [3.8, 4) is 0 Å². The molecule has 0 spiro atoms. The van der Waals surface area contributed by atoms with Gasteiger partial charge < -0.3 is 16.0 Å². The molecule has 2 rings (SSSR count). The average molecular weight is 281 g/mol. The first-order valence-corrected chi connectivity index (χ1v) is 7.91. The molecule has 2 aliphatic rings. The molecule has 3 atom stereocenters. The largest absolute Gasteiger partial charge is 0.344 e. The molecule has 2 amide bonds. The molecule has 0 bridgehead atoms. The fourth-order valence-corrected chi connectivity index (χ4v) is 3.35. The summed E-state index contributed by atoms with van der Waals surface area (Å²) < 4.78 is 0. The highest BCUT2D eigenvalue weighted by Crippen LogP contribution is 2.28. The Bertz CT molecular complexity index is 353. The SMILES string of the molecule is CC(NC(=O)C1CCCC(CN)C1)C(=O)N1CCCC1. The smallest absolute Gasteiger partial charge is 0.244 e. The third kappa shape index (κ3) is 3.72. The van der Waals surface area contributed by atoms with Gasteiger partial charge in [0, 0.05) is 19.0 Å². The number of nitrogens with one attached hydrogen (secondary N) is 1. The summed E-state index contributed by atoms with van der Waals surface area (Å²) in [7, 11) is 0. The molecule has 1 saturated carbocycles. The van der Waals surface area contributed by atoms with Gasteiger partial charge in [0.25, 0.3) is 0 Å². The van der Waals surface area contributed by atoms with E-state index < -0.39 is 6.04 Å². The summed E-state index contributed by atoms with van der Waals surface area (Å²) in [6.07, 6.45) is 6.14. The van der Waals surface area contributed by atoms with Crippen LogP contribution in [0.3, 0.4) is 0 Å². The maximum Gasteiger partial charge on any atom is 0.244 e. The summed E-state index contributed by atoms with van der Waals surface area (Å²) >= 11 is 0. The molecule has 0 aromatic rings. The predicted molar refractivity (Wildman–Crippen MR) is 77.9 cm³/mol. The maximum atomic E-state index is 12.3. The molecule has 3 unspecified atom stereocenters. The normalized spacial score (nSPS) is 28.2. The van der Waals surface area contributed by atoms with Crippen LogP contribution < -0.4 is 11.1 Å². The van der Waals surface area contributed by atoms with Crippen LogP contribution in [0.4, 0.5) is 0 Å². The second-order valence-corrected chi connectivity index (χ2v) is 6.23. The molecular weight excluding hydrogens is 254 g/mol. The predicted octanol–water partition coefficient (Wildman–Crippen LogP) is 0.879. The summed E-state index contributed by atoms with van der Waals surface area (Å²) in [6.45, 7) is 4.11. The summed E-state index contributed by atoms with van der Waals surface area (Å²) in [5, 5.41) is 2.90. The Morgan fingerprint density at radius 1 is 1.25 bits per heavy atom. The highest BCUT2D eigenvalue weighted by atomic mass is 16.2. The highest BCUT2D eigenvalue weighted by molar-refractivity contribution is 5.88. The molecular formula is C15H27N3O2. The van der Waals surface area contributed by atoms with Crippen molar-refractivity contribution in [1.29, 1.82) is 0 Å². The molecule has 1 aliphatic carbocycles. The van der Waals surface area contributed by atoms with Crippen LogP contribution in [-0.2, 0) is 9.59 Å². The number of amides is 2. The molecule has 5 heteroatoms. The van der Waals surface area contributed by atoms with Gasteiger partial charge in [-0.2, -0.15) is 0 Å². The Labute approximate surface area is 121 Å². The van der Waals surface area contributed by atoms with E-state index >= 15 is 0 Å². The highest BCUT2D eigenvalue weighted by Gasteiger charge is 2.30. The molecule has 3 N–H and O–H groups in total. The first-order chi connectivity index (χ1) is 9.61. The van der Waals surface area contributed by atoms with Crippen molar-refractivity contribution in [2.24, 2.45) is 17.6 Å². The first kappa shape index (κ1) is 15.3. The third-order valence-electron chi connectivity index (χ3n) is 4.63. The lowest BCUT2D eigenvalue weighted by Crippen LogP contribution is -2.48. The van der Waals surface area contributed by atoms with E-state index in [0.717, 1.165) is 51.6 Å². The summed E-state index contributed by atoms with van der Waals surface area (Å²) in [6, 6.07) is -0.404. The molecule has 0 radical (unpaired) electrons. The fourth-order valence-electron chi connectivity index (χ4n) is 3.35. The van der Waals surface area contributed by atoms with E-state index in [2.05, 4.69) is 5.32 Å². The van der Waals surface area contributed by atoms with Crippen molar-refractivity contribution in [1.82, 2.24) is 10.2 Å². The van der Waals surface area contributed by atoms with E-state index in [9.17, 15) is 9.59 Å². The van der Waals surface area contributed by atoms with Crippen LogP contribution in [-0.4, -0.2) is 42.4 Å². The summed E-state index contributed by atoms with van der Waals surface area (Å²) in [5.41, 5.74) is 5.71. The van der Waals surface area contributed by atoms with Crippen molar-refractivity contribution in [2.75, 3.05) is 19.6 Å². The van der Waals surface area contributed by atoms with Gasteiger partial charge in [-0.15, -0.1) is 0 Å². The van der Waals surface area contributed by atoms with Gasteiger partial charge in [-0.05, 0) is 51.5 Å². The molecule has 114 valence electrons. The monoisotopic (exact) mass is 281 g/mol. The van der Waals surface area contributed by atoms with Crippen LogP contribution in [0.1, 0.15) is 45.4 Å². The number of likely N-dealkylation sites (tertiary alicyclic amines) is 1. The minimum absolute atomic E-state index is 0.0307. The van der Waals surface area contributed by atoms with E-state index in [1.54, 1.807) is 6.92 Å². The third-order valence-corrected chi connectivity index (χ3v) is 4.63. The number of nitrogens with two attached hydrogens (primary N) is 1. The van der Waals surface area contributed by atoms with E-state index in [1.807, 2.05) is 4.90 Å². The van der Waals surface area contributed by atoms with Crippen LogP contribution in [0.5, 0.6) is 0 Å². The zero-order valence-corrected chi connectivity index (χ0v) is 12.4. The van der Waals surface area contributed by atoms with Crippen molar-refractivity contribution in [3.63, 3.8) is 0 Å². The topological polar surface area (TPSA) is 75.4 Å². The average Bonchev–Trinajstić information content (AvgIpc) is 3.00. The van der Waals surface area contributed by atoms with Crippen molar-refractivity contribution >= 4 is 11.8 Å². The van der Waals surface area contributed by atoms with Gasteiger partial charge in [-0.3, -0.25) is 9.59 Å². The Morgan fingerprint density at radius 3 is 2.60 bits per heavy atom. The second-order valence-electron chi connectivity index (χ2n) is 6.23. The summed E-state index contributed by atoms with van der Waals surface area (Å²) in [5.74, 6) is 0.584. The van der Waals surface area contributed by atoms with Gasteiger partial charge in [-0.1, -0.05) is 6.42 Å². The first-order valence-electron chi connectivity index (χ1n) is 7.91. The molecule has 1 saturated heterocycles. The molecule has 1 aliphatic heterocycles. The molecule has 5 nitrogen and oxygen atoms in total. The van der Waals surface area contributed by atoms with Crippen molar-refractivity contribution < 1.29 is 9.59 Å². The number of rotatable bonds is 4. The van der Waals surface area contributed by atoms with Crippen LogP contribution in [0.2, 0.25) is 0 Å². The number of hydrogen-bond donors (Lipinski definition) is 2. The minimum Gasteiger partial charge on any atom is -0.344 e.